The zero-order valence-corrected chi connectivity index (χ0v) is 8.98. The maximum Gasteiger partial charge on any atom is 0.0540 e. The molecule has 1 N–H and O–H groups in total. The molecule has 1 aromatic heterocycles. The van der Waals surface area contributed by atoms with Crippen LogP contribution in [0, 0.1) is 5.92 Å². The first kappa shape index (κ1) is 11.2. The van der Waals surface area contributed by atoms with E-state index in [2.05, 4.69) is 18.0 Å². The summed E-state index contributed by atoms with van der Waals surface area (Å²) >= 11 is 0. The Morgan fingerprint density at radius 3 is 2.79 bits per heavy atom. The molecule has 2 nitrogen and oxygen atoms in total. The zero-order chi connectivity index (χ0) is 10.4. The number of hydrogen-bond acceptors (Lipinski definition) is 2. The second kappa shape index (κ2) is 5.76. The van der Waals surface area contributed by atoms with Crippen molar-refractivity contribution in [2.75, 3.05) is 0 Å². The van der Waals surface area contributed by atoms with Crippen molar-refractivity contribution < 1.29 is 5.11 Å². The summed E-state index contributed by atoms with van der Waals surface area (Å²) in [6.07, 6.45) is 6.58. The molecular formula is C12H19NO. The van der Waals surface area contributed by atoms with Gasteiger partial charge in [-0.05, 0) is 37.3 Å². The molecule has 0 aliphatic rings. The lowest BCUT2D eigenvalue weighted by molar-refractivity contribution is 0.118. The van der Waals surface area contributed by atoms with Crippen molar-refractivity contribution in [2.24, 2.45) is 5.92 Å². The average Bonchev–Trinajstić information content (AvgIpc) is 2.20. The van der Waals surface area contributed by atoms with Gasteiger partial charge in [-0.25, -0.2) is 0 Å². The summed E-state index contributed by atoms with van der Waals surface area (Å²) in [4.78, 5) is 4.07. The lowest BCUT2D eigenvalue weighted by Crippen LogP contribution is -2.16. The van der Waals surface area contributed by atoms with Crippen LogP contribution in [0.5, 0.6) is 0 Å². The molecule has 1 aromatic rings. The SMILES string of the molecule is CCC(CCc1cccnc1)C(C)O. The maximum absolute atomic E-state index is 9.47. The van der Waals surface area contributed by atoms with Crippen molar-refractivity contribution in [2.45, 2.75) is 39.2 Å². The molecule has 0 amide bonds. The minimum absolute atomic E-state index is 0.198. The van der Waals surface area contributed by atoms with Crippen molar-refractivity contribution in [3.8, 4) is 0 Å². The van der Waals surface area contributed by atoms with E-state index in [1.807, 2.05) is 19.2 Å². The van der Waals surface area contributed by atoms with E-state index >= 15 is 0 Å². The molecule has 1 rings (SSSR count). The highest BCUT2D eigenvalue weighted by Crippen LogP contribution is 2.16. The third-order valence-electron chi connectivity index (χ3n) is 2.73. The molecule has 2 unspecified atom stereocenters. The summed E-state index contributed by atoms with van der Waals surface area (Å²) in [5.74, 6) is 0.412. The molecule has 2 atom stereocenters. The summed E-state index contributed by atoms with van der Waals surface area (Å²) in [6.45, 7) is 4.00. The summed E-state index contributed by atoms with van der Waals surface area (Å²) in [5, 5.41) is 9.47. The minimum atomic E-state index is -0.198. The van der Waals surface area contributed by atoms with Crippen molar-refractivity contribution in [3.05, 3.63) is 30.1 Å². The third kappa shape index (κ3) is 3.46. The molecule has 0 aliphatic heterocycles. The van der Waals surface area contributed by atoms with E-state index in [1.54, 1.807) is 6.20 Å². The first-order valence-electron chi connectivity index (χ1n) is 5.31. The van der Waals surface area contributed by atoms with Gasteiger partial charge in [-0.2, -0.15) is 0 Å². The van der Waals surface area contributed by atoms with Crippen molar-refractivity contribution >= 4 is 0 Å². The minimum Gasteiger partial charge on any atom is -0.393 e. The van der Waals surface area contributed by atoms with Gasteiger partial charge in [0.1, 0.15) is 0 Å². The van der Waals surface area contributed by atoms with Crippen molar-refractivity contribution in [1.29, 1.82) is 0 Å². The molecule has 2 heteroatoms. The number of aromatic nitrogens is 1. The largest absolute Gasteiger partial charge is 0.393 e. The highest BCUT2D eigenvalue weighted by atomic mass is 16.3. The van der Waals surface area contributed by atoms with E-state index in [9.17, 15) is 5.11 Å². The van der Waals surface area contributed by atoms with Gasteiger partial charge in [0.15, 0.2) is 0 Å². The number of hydrogen-bond donors (Lipinski definition) is 1. The zero-order valence-electron chi connectivity index (χ0n) is 8.98. The molecular weight excluding hydrogens is 174 g/mol. The molecule has 0 saturated heterocycles. The molecule has 0 aliphatic carbocycles. The molecule has 0 fully saturated rings. The Hall–Kier alpha value is -0.890. The van der Waals surface area contributed by atoms with E-state index in [0.717, 1.165) is 19.3 Å². The molecule has 0 bridgehead atoms. The van der Waals surface area contributed by atoms with E-state index in [0.29, 0.717) is 5.92 Å². The molecule has 0 aromatic carbocycles. The van der Waals surface area contributed by atoms with Gasteiger partial charge in [0, 0.05) is 12.4 Å². The third-order valence-corrected chi connectivity index (χ3v) is 2.73. The Morgan fingerprint density at radius 2 is 2.29 bits per heavy atom. The van der Waals surface area contributed by atoms with Gasteiger partial charge >= 0.3 is 0 Å². The van der Waals surface area contributed by atoms with Gasteiger partial charge in [0.05, 0.1) is 6.10 Å². The van der Waals surface area contributed by atoms with Crippen LogP contribution in [-0.4, -0.2) is 16.2 Å². The first-order chi connectivity index (χ1) is 6.74. The number of pyridine rings is 1. The number of aliphatic hydroxyl groups excluding tert-OH is 1. The van der Waals surface area contributed by atoms with Gasteiger partial charge in [0.25, 0.3) is 0 Å². The normalized spacial score (nSPS) is 15.1. The number of nitrogens with zero attached hydrogens (tertiary/aromatic N) is 1. The first-order valence-corrected chi connectivity index (χ1v) is 5.31. The molecule has 0 radical (unpaired) electrons. The predicted molar refractivity (Wildman–Crippen MR) is 58.0 cm³/mol. The monoisotopic (exact) mass is 193 g/mol. The molecule has 0 spiro atoms. The van der Waals surface area contributed by atoms with Crippen molar-refractivity contribution in [3.63, 3.8) is 0 Å². The highest BCUT2D eigenvalue weighted by molar-refractivity contribution is 5.08. The second-order valence-electron chi connectivity index (χ2n) is 3.81. The smallest absolute Gasteiger partial charge is 0.0540 e. The Bertz CT molecular complexity index is 246. The quantitative estimate of drug-likeness (QED) is 0.779. The molecule has 78 valence electrons. The standard InChI is InChI=1S/C12H19NO/c1-3-12(10(2)14)7-6-11-5-4-8-13-9-11/h4-5,8-10,12,14H,3,6-7H2,1-2H3. The average molecular weight is 193 g/mol. The Morgan fingerprint density at radius 1 is 1.50 bits per heavy atom. The highest BCUT2D eigenvalue weighted by Gasteiger charge is 2.12. The Labute approximate surface area is 86.0 Å². The van der Waals surface area contributed by atoms with Crippen LogP contribution in [0.15, 0.2) is 24.5 Å². The van der Waals surface area contributed by atoms with Crippen LogP contribution in [0.4, 0.5) is 0 Å². The van der Waals surface area contributed by atoms with Crippen LogP contribution >= 0.6 is 0 Å². The van der Waals surface area contributed by atoms with Gasteiger partial charge in [-0.3, -0.25) is 4.98 Å². The molecule has 0 saturated carbocycles. The van der Waals surface area contributed by atoms with Crippen LogP contribution in [0.3, 0.4) is 0 Å². The van der Waals surface area contributed by atoms with Crippen LogP contribution < -0.4 is 0 Å². The van der Waals surface area contributed by atoms with Crippen LogP contribution in [-0.2, 0) is 6.42 Å². The van der Waals surface area contributed by atoms with E-state index in [-0.39, 0.29) is 6.10 Å². The van der Waals surface area contributed by atoms with E-state index < -0.39 is 0 Å². The summed E-state index contributed by atoms with van der Waals surface area (Å²) in [7, 11) is 0. The summed E-state index contributed by atoms with van der Waals surface area (Å²) in [6, 6.07) is 4.04. The number of aliphatic hydroxyl groups is 1. The fourth-order valence-electron chi connectivity index (χ4n) is 1.68. The number of aryl methyl sites for hydroxylation is 1. The Balaban J connectivity index is 2.40. The van der Waals surface area contributed by atoms with Gasteiger partial charge in [-0.15, -0.1) is 0 Å². The van der Waals surface area contributed by atoms with Crippen LogP contribution in [0.1, 0.15) is 32.3 Å². The molecule has 14 heavy (non-hydrogen) atoms. The predicted octanol–water partition coefficient (Wildman–Crippen LogP) is 2.42. The summed E-state index contributed by atoms with van der Waals surface area (Å²) < 4.78 is 0. The number of rotatable bonds is 5. The summed E-state index contributed by atoms with van der Waals surface area (Å²) in [5.41, 5.74) is 1.26. The topological polar surface area (TPSA) is 33.1 Å². The second-order valence-corrected chi connectivity index (χ2v) is 3.81. The molecule has 1 heterocycles. The lowest BCUT2D eigenvalue weighted by atomic mass is 9.93. The fraction of sp³-hybridized carbons (Fsp3) is 0.583. The van der Waals surface area contributed by atoms with Crippen LogP contribution in [0.25, 0.3) is 0 Å². The maximum atomic E-state index is 9.47. The van der Waals surface area contributed by atoms with Gasteiger partial charge in [-0.1, -0.05) is 19.4 Å². The van der Waals surface area contributed by atoms with Gasteiger partial charge < -0.3 is 5.11 Å². The Kier molecular flexibility index (Phi) is 4.60. The van der Waals surface area contributed by atoms with Crippen molar-refractivity contribution in [1.82, 2.24) is 4.98 Å². The lowest BCUT2D eigenvalue weighted by Gasteiger charge is -2.17. The van der Waals surface area contributed by atoms with E-state index in [1.165, 1.54) is 5.56 Å². The van der Waals surface area contributed by atoms with Crippen LogP contribution in [0.2, 0.25) is 0 Å². The van der Waals surface area contributed by atoms with Gasteiger partial charge in [0.2, 0.25) is 0 Å². The fourth-order valence-corrected chi connectivity index (χ4v) is 1.68. The van der Waals surface area contributed by atoms with E-state index in [4.69, 9.17) is 0 Å².